The van der Waals surface area contributed by atoms with Gasteiger partial charge in [-0.2, -0.15) is 0 Å². The van der Waals surface area contributed by atoms with Crippen LogP contribution in [0.2, 0.25) is 0 Å². The molecule has 0 radical (unpaired) electrons. The standard InChI is InChI=1S/C29H40N6O5/c30-10-2-5-23-28(39)35-24(29(40)33-21-4-1-3-20(31)15-21)14-19-12-17(7-9-26(19)37)16-6-8-25(36)18(11-16)13-22(32)27(38)34-23/h6-9,11-12,20-24,36-37H,1-5,10,13-15,30-32H2,(H,33,40)(H,34,38)(H,35,39)/t20?,21?,22-,23-,24-/m0/s1. The maximum atomic E-state index is 13.5. The normalized spacial score (nSPS) is 25.6. The fraction of sp³-hybridized carbons (Fsp3) is 0.483. The average Bonchev–Trinajstić information content (AvgIpc) is 2.92. The van der Waals surface area contributed by atoms with Crippen molar-refractivity contribution < 1.29 is 24.6 Å². The Hall–Kier alpha value is -3.67. The Bertz CT molecular complexity index is 1240. The number of carbonyl (C=O) groups is 3. The fourth-order valence-electron chi connectivity index (χ4n) is 5.42. The molecule has 40 heavy (non-hydrogen) atoms. The molecule has 2 aromatic rings. The summed E-state index contributed by atoms with van der Waals surface area (Å²) in [5, 5.41) is 29.7. The number of benzene rings is 2. The molecular weight excluding hydrogens is 512 g/mol. The number of hydrogen-bond acceptors (Lipinski definition) is 8. The van der Waals surface area contributed by atoms with E-state index in [1.54, 1.807) is 24.3 Å². The Morgan fingerprint density at radius 3 is 2.20 bits per heavy atom. The number of amides is 3. The van der Waals surface area contributed by atoms with Gasteiger partial charge in [0.1, 0.15) is 23.6 Å². The zero-order valence-corrected chi connectivity index (χ0v) is 22.6. The third kappa shape index (κ3) is 7.29. The lowest BCUT2D eigenvalue weighted by atomic mass is 9.91. The Morgan fingerprint density at radius 1 is 0.925 bits per heavy atom. The van der Waals surface area contributed by atoms with Crippen molar-refractivity contribution in [1.29, 1.82) is 0 Å². The minimum atomic E-state index is -1.04. The molecule has 11 N–H and O–H groups in total. The first kappa shape index (κ1) is 29.3. The minimum Gasteiger partial charge on any atom is -0.508 e. The zero-order chi connectivity index (χ0) is 28.8. The van der Waals surface area contributed by atoms with E-state index in [-0.39, 0.29) is 42.8 Å². The van der Waals surface area contributed by atoms with Gasteiger partial charge in [-0.25, -0.2) is 0 Å². The van der Waals surface area contributed by atoms with Crippen LogP contribution in [0.25, 0.3) is 11.1 Å². The first-order valence-corrected chi connectivity index (χ1v) is 13.9. The summed E-state index contributed by atoms with van der Waals surface area (Å²) in [5.41, 5.74) is 20.4. The maximum Gasteiger partial charge on any atom is 0.243 e. The SMILES string of the molecule is NCCC[C@@H]1NC(=O)[C@@H](N)Cc2cc(ccc2O)-c2ccc(O)c(c2)C[C@@H](C(=O)NC2CCCC(N)C2)NC1=O. The monoisotopic (exact) mass is 552 g/mol. The van der Waals surface area contributed by atoms with Crippen molar-refractivity contribution >= 4 is 17.7 Å². The molecule has 4 bridgehead atoms. The van der Waals surface area contributed by atoms with Gasteiger partial charge in [0, 0.05) is 24.9 Å². The molecule has 216 valence electrons. The number of hydrogen-bond donors (Lipinski definition) is 8. The molecule has 1 heterocycles. The molecule has 11 nitrogen and oxygen atoms in total. The maximum absolute atomic E-state index is 13.5. The van der Waals surface area contributed by atoms with E-state index >= 15 is 0 Å². The highest BCUT2D eigenvalue weighted by Crippen LogP contribution is 2.31. The van der Waals surface area contributed by atoms with Gasteiger partial charge in [0.15, 0.2) is 0 Å². The number of aromatic hydroxyl groups is 2. The molecule has 2 aliphatic rings. The van der Waals surface area contributed by atoms with Gasteiger partial charge in [0.2, 0.25) is 17.7 Å². The van der Waals surface area contributed by atoms with Crippen molar-refractivity contribution in [1.82, 2.24) is 16.0 Å². The second-order valence-electron chi connectivity index (χ2n) is 10.9. The zero-order valence-electron chi connectivity index (χ0n) is 22.6. The molecule has 5 atom stereocenters. The summed E-state index contributed by atoms with van der Waals surface area (Å²) in [6.07, 6.45) is 3.98. The first-order valence-electron chi connectivity index (χ1n) is 13.9. The molecule has 2 aromatic carbocycles. The van der Waals surface area contributed by atoms with Crippen LogP contribution in [0.5, 0.6) is 11.5 Å². The Balaban J connectivity index is 1.72. The summed E-state index contributed by atoms with van der Waals surface area (Å²) < 4.78 is 0. The van der Waals surface area contributed by atoms with Gasteiger partial charge in [-0.1, -0.05) is 12.1 Å². The van der Waals surface area contributed by atoms with Gasteiger partial charge in [0.05, 0.1) is 6.04 Å². The number of phenolic OH excluding ortho intramolecular Hbond substituents is 2. The van der Waals surface area contributed by atoms with E-state index in [2.05, 4.69) is 16.0 Å². The molecule has 1 aliphatic carbocycles. The van der Waals surface area contributed by atoms with Crippen molar-refractivity contribution in [2.45, 2.75) is 81.6 Å². The van der Waals surface area contributed by atoms with Crippen molar-refractivity contribution in [3.05, 3.63) is 47.5 Å². The average molecular weight is 553 g/mol. The highest BCUT2D eigenvalue weighted by molar-refractivity contribution is 5.93. The summed E-state index contributed by atoms with van der Waals surface area (Å²) in [4.78, 5) is 40.0. The molecular formula is C29H40N6O5. The molecule has 1 saturated carbocycles. The van der Waals surface area contributed by atoms with E-state index in [0.717, 1.165) is 30.4 Å². The minimum absolute atomic E-state index is 0.00226. The molecule has 3 amide bonds. The van der Waals surface area contributed by atoms with Gasteiger partial charge < -0.3 is 43.4 Å². The number of nitrogens with one attached hydrogen (secondary N) is 3. The summed E-state index contributed by atoms with van der Waals surface area (Å²) >= 11 is 0. The summed E-state index contributed by atoms with van der Waals surface area (Å²) in [7, 11) is 0. The van der Waals surface area contributed by atoms with E-state index in [9.17, 15) is 24.6 Å². The van der Waals surface area contributed by atoms with Crippen molar-refractivity contribution in [3.63, 3.8) is 0 Å². The number of fused-ring (bicyclic) bond motifs is 5. The molecule has 0 saturated heterocycles. The molecule has 4 rings (SSSR count). The molecule has 1 fully saturated rings. The van der Waals surface area contributed by atoms with Crippen LogP contribution >= 0.6 is 0 Å². The van der Waals surface area contributed by atoms with Crippen LogP contribution in [0, 0.1) is 0 Å². The van der Waals surface area contributed by atoms with Gasteiger partial charge in [0.25, 0.3) is 0 Å². The highest BCUT2D eigenvalue weighted by atomic mass is 16.3. The topological polar surface area (TPSA) is 206 Å². The Labute approximate surface area is 233 Å². The Morgan fingerprint density at radius 2 is 1.57 bits per heavy atom. The molecule has 0 aromatic heterocycles. The van der Waals surface area contributed by atoms with Crippen LogP contribution in [0.3, 0.4) is 0 Å². The van der Waals surface area contributed by atoms with E-state index < -0.39 is 35.8 Å². The molecule has 1 aliphatic heterocycles. The quantitative estimate of drug-likeness (QED) is 0.258. The van der Waals surface area contributed by atoms with Gasteiger partial charge >= 0.3 is 0 Å². The molecule has 11 heteroatoms. The summed E-state index contributed by atoms with van der Waals surface area (Å²) in [6.45, 7) is 0.304. The lowest BCUT2D eigenvalue weighted by molar-refractivity contribution is -0.132. The smallest absolute Gasteiger partial charge is 0.243 e. The highest BCUT2D eigenvalue weighted by Gasteiger charge is 2.31. The van der Waals surface area contributed by atoms with Crippen LogP contribution in [0.4, 0.5) is 0 Å². The third-order valence-electron chi connectivity index (χ3n) is 7.72. The lowest BCUT2D eigenvalue weighted by Crippen LogP contribution is -2.57. The number of carbonyl (C=O) groups excluding carboxylic acids is 3. The largest absolute Gasteiger partial charge is 0.508 e. The number of nitrogens with two attached hydrogens (primary N) is 3. The first-order chi connectivity index (χ1) is 19.1. The van der Waals surface area contributed by atoms with Crippen molar-refractivity contribution in [2.24, 2.45) is 17.2 Å². The predicted octanol–water partition coefficient (Wildman–Crippen LogP) is 0.285. The molecule has 0 spiro atoms. The lowest BCUT2D eigenvalue weighted by Gasteiger charge is -2.30. The number of rotatable bonds is 5. The van der Waals surface area contributed by atoms with Crippen LogP contribution in [0.1, 0.15) is 49.7 Å². The van der Waals surface area contributed by atoms with Gasteiger partial charge in [-0.3, -0.25) is 14.4 Å². The van der Waals surface area contributed by atoms with Crippen molar-refractivity contribution in [2.75, 3.05) is 6.54 Å². The van der Waals surface area contributed by atoms with Crippen LogP contribution in [-0.2, 0) is 27.2 Å². The van der Waals surface area contributed by atoms with E-state index in [4.69, 9.17) is 17.2 Å². The Kier molecular flexibility index (Phi) is 9.62. The van der Waals surface area contributed by atoms with Crippen LogP contribution in [-0.4, -0.2) is 64.7 Å². The van der Waals surface area contributed by atoms with Crippen LogP contribution in [0.15, 0.2) is 36.4 Å². The van der Waals surface area contributed by atoms with Crippen LogP contribution < -0.4 is 33.2 Å². The van der Waals surface area contributed by atoms with E-state index in [1.807, 2.05) is 0 Å². The second kappa shape index (κ2) is 13.1. The number of phenols is 2. The molecule has 2 unspecified atom stereocenters. The second-order valence-corrected chi connectivity index (χ2v) is 10.9. The summed E-state index contributed by atoms with van der Waals surface area (Å²) in [6, 6.07) is 6.83. The van der Waals surface area contributed by atoms with Gasteiger partial charge in [-0.15, -0.1) is 0 Å². The van der Waals surface area contributed by atoms with Gasteiger partial charge in [-0.05, 0) is 91.6 Å². The predicted molar refractivity (Wildman–Crippen MR) is 151 cm³/mol. The van der Waals surface area contributed by atoms with E-state index in [0.29, 0.717) is 30.5 Å². The summed E-state index contributed by atoms with van der Waals surface area (Å²) in [5.74, 6) is -1.54. The third-order valence-corrected chi connectivity index (χ3v) is 7.72. The van der Waals surface area contributed by atoms with Crippen molar-refractivity contribution in [3.8, 4) is 22.6 Å². The van der Waals surface area contributed by atoms with E-state index in [1.165, 1.54) is 12.1 Å². The fourth-order valence-corrected chi connectivity index (χ4v) is 5.42.